The zero-order valence-electron chi connectivity index (χ0n) is 14.9. The Labute approximate surface area is 166 Å². The van der Waals surface area contributed by atoms with Crippen molar-refractivity contribution in [3.63, 3.8) is 0 Å². The lowest BCUT2D eigenvalue weighted by Crippen LogP contribution is -2.30. The van der Waals surface area contributed by atoms with Gasteiger partial charge in [0.15, 0.2) is 4.34 Å². The summed E-state index contributed by atoms with van der Waals surface area (Å²) in [7, 11) is 0. The van der Waals surface area contributed by atoms with Crippen LogP contribution in [0.15, 0.2) is 58.9 Å². The highest BCUT2D eigenvalue weighted by atomic mass is 32.2. The summed E-state index contributed by atoms with van der Waals surface area (Å²) in [5.74, 6) is 2.41. The van der Waals surface area contributed by atoms with Gasteiger partial charge in [-0.05, 0) is 31.0 Å². The fourth-order valence-corrected chi connectivity index (χ4v) is 4.66. The van der Waals surface area contributed by atoms with Crippen LogP contribution in [-0.2, 0) is 10.5 Å². The van der Waals surface area contributed by atoms with Crippen LogP contribution in [-0.4, -0.2) is 22.1 Å². The Morgan fingerprint density at radius 3 is 2.63 bits per heavy atom. The topological polar surface area (TPSA) is 55.3 Å². The number of hydrogen-bond acceptors (Lipinski definition) is 6. The summed E-state index contributed by atoms with van der Waals surface area (Å²) >= 11 is 3.08. The van der Waals surface area contributed by atoms with Gasteiger partial charge in [0.1, 0.15) is 11.5 Å². The van der Waals surface area contributed by atoms with Crippen LogP contribution in [0.25, 0.3) is 0 Å². The maximum absolute atomic E-state index is 11.9. The van der Waals surface area contributed by atoms with Crippen molar-refractivity contribution in [3.8, 4) is 11.5 Å². The van der Waals surface area contributed by atoms with Gasteiger partial charge >= 0.3 is 0 Å². The number of thioether (sulfide) groups is 1. The lowest BCUT2D eigenvalue weighted by molar-refractivity contribution is -0.116. The minimum atomic E-state index is 0.0341. The van der Waals surface area contributed by atoms with E-state index in [1.54, 1.807) is 23.6 Å². The van der Waals surface area contributed by atoms with Crippen molar-refractivity contribution in [1.82, 2.24) is 10.2 Å². The second-order valence-electron chi connectivity index (χ2n) is 6.28. The van der Waals surface area contributed by atoms with E-state index in [-0.39, 0.29) is 5.91 Å². The average Bonchev–Trinajstić information content (AvgIpc) is 3.39. The van der Waals surface area contributed by atoms with E-state index in [4.69, 9.17) is 4.74 Å². The fourth-order valence-electron chi connectivity index (χ4n) is 2.72. The van der Waals surface area contributed by atoms with Crippen LogP contribution >= 0.6 is 23.1 Å². The Balaban J connectivity index is 1.44. The lowest BCUT2D eigenvalue weighted by atomic mass is 10.2. The van der Waals surface area contributed by atoms with E-state index in [9.17, 15) is 4.79 Å². The molecule has 138 valence electrons. The van der Waals surface area contributed by atoms with E-state index in [1.807, 2.05) is 48.5 Å². The molecule has 7 heteroatoms. The zero-order chi connectivity index (χ0) is 18.6. The first kappa shape index (κ1) is 18.0. The molecule has 0 aliphatic heterocycles. The van der Waals surface area contributed by atoms with Gasteiger partial charge in [0.2, 0.25) is 11.0 Å². The molecule has 0 bridgehead atoms. The largest absolute Gasteiger partial charge is 0.457 e. The van der Waals surface area contributed by atoms with E-state index in [2.05, 4.69) is 16.3 Å². The molecule has 1 saturated carbocycles. The minimum Gasteiger partial charge on any atom is -0.457 e. The van der Waals surface area contributed by atoms with Crippen molar-refractivity contribution < 1.29 is 9.53 Å². The number of rotatable bonds is 7. The van der Waals surface area contributed by atoms with Gasteiger partial charge in [-0.25, -0.2) is 0 Å². The summed E-state index contributed by atoms with van der Waals surface area (Å²) < 4.78 is 6.87. The van der Waals surface area contributed by atoms with Gasteiger partial charge in [-0.15, -0.1) is 10.2 Å². The third-order valence-electron chi connectivity index (χ3n) is 4.15. The number of carbonyl (C=O) groups is 1. The van der Waals surface area contributed by atoms with Gasteiger partial charge < -0.3 is 4.74 Å². The molecule has 2 aromatic carbocycles. The molecule has 3 aromatic rings. The number of para-hydroxylation sites is 2. The number of benzene rings is 2. The molecule has 4 rings (SSSR count). The van der Waals surface area contributed by atoms with Gasteiger partial charge in [-0.2, -0.15) is 0 Å². The number of amides is 1. The summed E-state index contributed by atoms with van der Waals surface area (Å²) in [4.78, 5) is 13.6. The molecule has 1 amide bonds. The van der Waals surface area contributed by atoms with Crippen LogP contribution in [0.3, 0.4) is 0 Å². The van der Waals surface area contributed by atoms with E-state index in [0.717, 1.165) is 40.0 Å². The zero-order valence-corrected chi connectivity index (χ0v) is 16.5. The fraction of sp³-hybridized carbons (Fsp3) is 0.250. The van der Waals surface area contributed by atoms with Crippen molar-refractivity contribution >= 4 is 34.1 Å². The number of anilines is 1. The summed E-state index contributed by atoms with van der Waals surface area (Å²) in [6.45, 7) is 1.59. The molecule has 0 spiro atoms. The summed E-state index contributed by atoms with van der Waals surface area (Å²) in [5, 5.41) is 9.17. The monoisotopic (exact) mass is 397 g/mol. The molecule has 0 radical (unpaired) electrons. The normalized spacial score (nSPS) is 13.4. The molecule has 0 N–H and O–H groups in total. The van der Waals surface area contributed by atoms with Crippen molar-refractivity contribution in [1.29, 1.82) is 0 Å². The molecule has 5 nitrogen and oxygen atoms in total. The number of ether oxygens (including phenoxy) is 1. The van der Waals surface area contributed by atoms with Crippen LogP contribution in [0.2, 0.25) is 0 Å². The quantitative estimate of drug-likeness (QED) is 0.408. The molecule has 27 heavy (non-hydrogen) atoms. The van der Waals surface area contributed by atoms with Crippen molar-refractivity contribution in [2.24, 2.45) is 0 Å². The first-order valence-electron chi connectivity index (χ1n) is 8.77. The Hall–Kier alpha value is -2.38. The number of carbonyl (C=O) groups excluding carboxylic acids is 1. The molecule has 0 saturated heterocycles. The Bertz CT molecular complexity index is 926. The first-order chi connectivity index (χ1) is 13.2. The molecule has 0 unspecified atom stereocenters. The second kappa shape index (κ2) is 8.10. The molecule has 1 aliphatic rings. The van der Waals surface area contributed by atoms with E-state index >= 15 is 0 Å². The Kier molecular flexibility index (Phi) is 5.40. The van der Waals surface area contributed by atoms with Crippen LogP contribution < -0.4 is 9.64 Å². The van der Waals surface area contributed by atoms with Crippen LogP contribution in [0.4, 0.5) is 5.13 Å². The highest BCUT2D eigenvalue weighted by Gasteiger charge is 2.34. The first-order valence-corrected chi connectivity index (χ1v) is 10.6. The highest BCUT2D eigenvalue weighted by molar-refractivity contribution is 8.00. The van der Waals surface area contributed by atoms with Gasteiger partial charge in [-0.3, -0.25) is 9.69 Å². The van der Waals surface area contributed by atoms with Gasteiger partial charge in [0.25, 0.3) is 0 Å². The molecule has 1 heterocycles. The maximum Gasteiger partial charge on any atom is 0.225 e. The standard InChI is InChI=1S/C20H19N3O2S2/c1-14(24)23(16-11-12-16)19-21-22-20(27-19)26-13-15-7-5-6-10-18(15)25-17-8-3-2-4-9-17/h2-10,16H,11-13H2,1H3. The van der Waals surface area contributed by atoms with Crippen molar-refractivity contribution in [2.75, 3.05) is 4.90 Å². The summed E-state index contributed by atoms with van der Waals surface area (Å²) in [5.41, 5.74) is 1.09. The summed E-state index contributed by atoms with van der Waals surface area (Å²) in [6, 6.07) is 18.1. The molecular formula is C20H19N3O2S2. The Morgan fingerprint density at radius 1 is 1.15 bits per heavy atom. The molecule has 1 aliphatic carbocycles. The van der Waals surface area contributed by atoms with Gasteiger partial charge in [-0.1, -0.05) is 59.5 Å². The third kappa shape index (κ3) is 4.48. The van der Waals surface area contributed by atoms with E-state index < -0.39 is 0 Å². The predicted octanol–water partition coefficient (Wildman–Crippen LogP) is 5.14. The minimum absolute atomic E-state index is 0.0341. The second-order valence-corrected chi connectivity index (χ2v) is 8.46. The van der Waals surface area contributed by atoms with Gasteiger partial charge in [0.05, 0.1) is 0 Å². The number of hydrogen-bond donors (Lipinski definition) is 0. The van der Waals surface area contributed by atoms with Crippen LogP contribution in [0, 0.1) is 0 Å². The number of nitrogens with zero attached hydrogens (tertiary/aromatic N) is 3. The van der Waals surface area contributed by atoms with Crippen LogP contribution in [0.5, 0.6) is 11.5 Å². The Morgan fingerprint density at radius 2 is 1.89 bits per heavy atom. The number of aromatic nitrogens is 2. The summed E-state index contributed by atoms with van der Waals surface area (Å²) in [6.07, 6.45) is 2.09. The SMILES string of the molecule is CC(=O)N(c1nnc(SCc2ccccc2Oc2ccccc2)s1)C1CC1. The maximum atomic E-state index is 11.9. The average molecular weight is 398 g/mol. The van der Waals surface area contributed by atoms with Gasteiger partial charge in [0, 0.05) is 24.3 Å². The predicted molar refractivity (Wildman–Crippen MR) is 109 cm³/mol. The van der Waals surface area contributed by atoms with E-state index in [1.165, 1.54) is 11.3 Å². The molecule has 1 fully saturated rings. The molecule has 1 aromatic heterocycles. The molecular weight excluding hydrogens is 378 g/mol. The van der Waals surface area contributed by atoms with E-state index in [0.29, 0.717) is 11.2 Å². The van der Waals surface area contributed by atoms with Crippen molar-refractivity contribution in [2.45, 2.75) is 35.9 Å². The lowest BCUT2D eigenvalue weighted by Gasteiger charge is -2.15. The van der Waals surface area contributed by atoms with Crippen molar-refractivity contribution in [3.05, 3.63) is 60.2 Å². The third-order valence-corrected chi connectivity index (χ3v) is 6.25. The smallest absolute Gasteiger partial charge is 0.225 e. The molecule has 0 atom stereocenters. The van der Waals surface area contributed by atoms with Crippen LogP contribution in [0.1, 0.15) is 25.3 Å². The highest BCUT2D eigenvalue weighted by Crippen LogP contribution is 2.37.